The molecule has 3 atom stereocenters. The molecule has 40 heavy (non-hydrogen) atoms. The van der Waals surface area contributed by atoms with E-state index in [2.05, 4.69) is 39.9 Å². The molecule has 4 N–H and O–H groups in total. The van der Waals surface area contributed by atoms with Gasteiger partial charge < -0.3 is 21.1 Å². The minimum atomic E-state index is -1.25. The van der Waals surface area contributed by atoms with Crippen LogP contribution in [0.3, 0.4) is 0 Å². The van der Waals surface area contributed by atoms with Gasteiger partial charge in [0.1, 0.15) is 0 Å². The summed E-state index contributed by atoms with van der Waals surface area (Å²) < 4.78 is 1.14. The van der Waals surface area contributed by atoms with Crippen LogP contribution in [-0.4, -0.2) is 47.6 Å². The average Bonchev–Trinajstić information content (AvgIpc) is 2.95. The summed E-state index contributed by atoms with van der Waals surface area (Å²) in [7, 11) is 0. The molecule has 0 aliphatic heterocycles. The van der Waals surface area contributed by atoms with Gasteiger partial charge in [-0.2, -0.15) is 0 Å². The standard InChI is InChI=1S/C33H40IN3O3/c1-4-15-37(16-5-2)32(40)33(20-24(6-3)17-27(21-33)31(35)39)29(19-25-11-8-7-9-12-25)30(38)23-36-22-26-13-10-14-28(34)18-26/h3,7-14,17-18,20,29-30,36,38H,4-5,15-16,19,21-23H2,1-2H3,(H2,35,39)/t29-,30+,33?/m1/s1. The van der Waals surface area contributed by atoms with Gasteiger partial charge in [0.05, 0.1) is 11.5 Å². The van der Waals surface area contributed by atoms with Gasteiger partial charge >= 0.3 is 0 Å². The summed E-state index contributed by atoms with van der Waals surface area (Å²) in [5, 5.41) is 15.2. The first kappa shape index (κ1) is 31.6. The lowest BCUT2D eigenvalue weighted by atomic mass is 9.63. The highest BCUT2D eigenvalue weighted by atomic mass is 127. The quantitative estimate of drug-likeness (QED) is 0.205. The monoisotopic (exact) mass is 653 g/mol. The van der Waals surface area contributed by atoms with Gasteiger partial charge in [-0.05, 0) is 77.6 Å². The number of aliphatic hydroxyl groups is 1. The van der Waals surface area contributed by atoms with Crippen molar-refractivity contribution in [3.63, 3.8) is 0 Å². The van der Waals surface area contributed by atoms with Crippen LogP contribution in [0.1, 0.15) is 44.2 Å². The number of allylic oxidation sites excluding steroid dienone is 2. The highest BCUT2D eigenvalue weighted by Gasteiger charge is 2.50. The molecular weight excluding hydrogens is 613 g/mol. The van der Waals surface area contributed by atoms with Crippen LogP contribution in [0.15, 0.2) is 77.9 Å². The lowest BCUT2D eigenvalue weighted by Crippen LogP contribution is -2.54. The van der Waals surface area contributed by atoms with Crippen LogP contribution in [0, 0.1) is 27.2 Å². The summed E-state index contributed by atoms with van der Waals surface area (Å²) >= 11 is 2.28. The Morgan fingerprint density at radius 1 is 1.12 bits per heavy atom. The van der Waals surface area contributed by atoms with E-state index >= 15 is 0 Å². The van der Waals surface area contributed by atoms with Crippen LogP contribution < -0.4 is 11.1 Å². The lowest BCUT2D eigenvalue weighted by Gasteiger charge is -2.44. The van der Waals surface area contributed by atoms with Crippen LogP contribution in [-0.2, 0) is 22.6 Å². The van der Waals surface area contributed by atoms with Crippen molar-refractivity contribution in [2.75, 3.05) is 19.6 Å². The first-order valence-corrected chi connectivity index (χ1v) is 15.0. The first-order valence-electron chi connectivity index (χ1n) is 13.9. The summed E-state index contributed by atoms with van der Waals surface area (Å²) in [5.41, 5.74) is 7.35. The molecule has 0 saturated carbocycles. The number of primary amides is 1. The van der Waals surface area contributed by atoms with E-state index in [1.54, 1.807) is 12.2 Å². The Labute approximate surface area is 252 Å². The Hall–Kier alpha value is -2.93. The highest BCUT2D eigenvalue weighted by molar-refractivity contribution is 14.1. The molecule has 0 saturated heterocycles. The molecule has 0 aromatic heterocycles. The number of rotatable bonds is 14. The van der Waals surface area contributed by atoms with Crippen LogP contribution in [0.5, 0.6) is 0 Å². The molecule has 1 aliphatic carbocycles. The molecule has 0 bridgehead atoms. The van der Waals surface area contributed by atoms with Crippen LogP contribution in [0.4, 0.5) is 0 Å². The van der Waals surface area contributed by atoms with Crippen molar-refractivity contribution < 1.29 is 14.7 Å². The Kier molecular flexibility index (Phi) is 12.0. The molecule has 3 rings (SSSR count). The number of nitrogens with zero attached hydrogens (tertiary/aromatic N) is 1. The number of benzene rings is 2. The molecule has 0 fully saturated rings. The second-order valence-electron chi connectivity index (χ2n) is 10.4. The van der Waals surface area contributed by atoms with Crippen molar-refractivity contribution >= 4 is 34.4 Å². The maximum absolute atomic E-state index is 14.6. The zero-order valence-electron chi connectivity index (χ0n) is 23.4. The minimum absolute atomic E-state index is 0.0850. The predicted molar refractivity (Wildman–Crippen MR) is 169 cm³/mol. The lowest BCUT2D eigenvalue weighted by molar-refractivity contribution is -0.145. The first-order chi connectivity index (χ1) is 19.2. The molecule has 212 valence electrons. The smallest absolute Gasteiger partial charge is 0.244 e. The van der Waals surface area contributed by atoms with Gasteiger partial charge in [0.2, 0.25) is 11.8 Å². The third-order valence-electron chi connectivity index (χ3n) is 7.38. The van der Waals surface area contributed by atoms with Gasteiger partial charge in [0, 0.05) is 46.8 Å². The second kappa shape index (κ2) is 15.2. The van der Waals surface area contributed by atoms with Gasteiger partial charge in [0.15, 0.2) is 0 Å². The van der Waals surface area contributed by atoms with Crippen LogP contribution >= 0.6 is 22.6 Å². The molecule has 6 nitrogen and oxygen atoms in total. The zero-order valence-corrected chi connectivity index (χ0v) is 25.6. The minimum Gasteiger partial charge on any atom is -0.391 e. The number of amides is 2. The molecule has 7 heteroatoms. The summed E-state index contributed by atoms with van der Waals surface area (Å²) in [6.07, 6.45) is 10.4. The SMILES string of the molecule is C#CC1=CC(C(=O)N(CCC)CCC)([C@H](Cc2ccccc2)[C@@H](O)CNCc2cccc(I)c2)CC(C(N)=O)=C1. The van der Waals surface area contributed by atoms with E-state index in [0.29, 0.717) is 37.2 Å². The molecule has 1 unspecified atom stereocenters. The number of halogens is 1. The number of aliphatic hydroxyl groups excluding tert-OH is 1. The van der Waals surface area contributed by atoms with Crippen molar-refractivity contribution in [2.24, 2.45) is 17.1 Å². The number of carbonyl (C=O) groups excluding carboxylic acids is 2. The Morgan fingerprint density at radius 2 is 1.80 bits per heavy atom. The van der Waals surface area contributed by atoms with Gasteiger partial charge in [0.25, 0.3) is 0 Å². The summed E-state index contributed by atoms with van der Waals surface area (Å²) in [5.74, 6) is 1.32. The topological polar surface area (TPSA) is 95.7 Å². The molecule has 2 aromatic carbocycles. The van der Waals surface area contributed by atoms with E-state index in [1.165, 1.54) is 0 Å². The van der Waals surface area contributed by atoms with E-state index in [4.69, 9.17) is 12.2 Å². The van der Waals surface area contributed by atoms with Crippen molar-refractivity contribution in [1.82, 2.24) is 10.2 Å². The fraction of sp³-hybridized carbons (Fsp3) is 0.394. The molecule has 0 heterocycles. The Balaban J connectivity index is 2.08. The van der Waals surface area contributed by atoms with Crippen molar-refractivity contribution in [2.45, 2.75) is 52.2 Å². The van der Waals surface area contributed by atoms with E-state index in [-0.39, 0.29) is 18.9 Å². The third kappa shape index (κ3) is 8.06. The molecule has 2 aromatic rings. The normalized spacial score (nSPS) is 18.2. The number of hydrogen-bond donors (Lipinski definition) is 3. The molecule has 0 spiro atoms. The maximum Gasteiger partial charge on any atom is 0.244 e. The summed E-state index contributed by atoms with van der Waals surface area (Å²) in [4.78, 5) is 29.0. The van der Waals surface area contributed by atoms with Crippen LogP contribution in [0.25, 0.3) is 0 Å². The van der Waals surface area contributed by atoms with E-state index in [9.17, 15) is 14.7 Å². The van der Waals surface area contributed by atoms with Gasteiger partial charge in [-0.15, -0.1) is 6.42 Å². The molecule has 1 aliphatic rings. The van der Waals surface area contributed by atoms with E-state index in [1.807, 2.05) is 67.3 Å². The summed E-state index contributed by atoms with van der Waals surface area (Å²) in [6, 6.07) is 18.0. The number of nitrogens with one attached hydrogen (secondary N) is 1. The number of terminal acetylenes is 1. The highest BCUT2D eigenvalue weighted by Crippen LogP contribution is 2.45. The van der Waals surface area contributed by atoms with Crippen molar-refractivity contribution in [3.8, 4) is 12.3 Å². The van der Waals surface area contributed by atoms with Crippen molar-refractivity contribution in [1.29, 1.82) is 0 Å². The summed E-state index contributed by atoms with van der Waals surface area (Å²) in [6.45, 7) is 6.04. The van der Waals surface area contributed by atoms with Crippen molar-refractivity contribution in [3.05, 3.63) is 92.6 Å². The molecule has 2 amide bonds. The fourth-order valence-electron chi connectivity index (χ4n) is 5.53. The second-order valence-corrected chi connectivity index (χ2v) is 11.7. The number of hydrogen-bond acceptors (Lipinski definition) is 4. The zero-order chi connectivity index (χ0) is 29.1. The Morgan fingerprint density at radius 3 is 2.40 bits per heavy atom. The van der Waals surface area contributed by atoms with Gasteiger partial charge in [-0.3, -0.25) is 9.59 Å². The van der Waals surface area contributed by atoms with E-state index < -0.39 is 23.3 Å². The van der Waals surface area contributed by atoms with Gasteiger partial charge in [-0.1, -0.05) is 68.3 Å². The molecule has 0 radical (unpaired) electrons. The largest absolute Gasteiger partial charge is 0.391 e. The third-order valence-corrected chi connectivity index (χ3v) is 8.05. The Bertz CT molecular complexity index is 1260. The van der Waals surface area contributed by atoms with Gasteiger partial charge in [-0.25, -0.2) is 0 Å². The average molecular weight is 654 g/mol. The number of carbonyl (C=O) groups is 2. The molecular formula is C33H40IN3O3. The van der Waals surface area contributed by atoms with Crippen LogP contribution in [0.2, 0.25) is 0 Å². The van der Waals surface area contributed by atoms with E-state index in [0.717, 1.165) is 27.5 Å². The maximum atomic E-state index is 14.6. The fourth-order valence-corrected chi connectivity index (χ4v) is 6.14. The predicted octanol–water partition coefficient (Wildman–Crippen LogP) is 4.61. The number of nitrogens with two attached hydrogens (primary N) is 1.